The fraction of sp³-hybridized carbons (Fsp3) is 0.0625. The third-order valence-corrected chi connectivity index (χ3v) is 3.13. The molecule has 122 valence electrons. The van der Waals surface area contributed by atoms with Gasteiger partial charge in [0.05, 0.1) is 17.1 Å². The molecule has 1 aromatic carbocycles. The minimum Gasteiger partial charge on any atom is -0.432 e. The molecule has 0 fully saturated rings. The van der Waals surface area contributed by atoms with Crippen LogP contribution in [0.25, 0.3) is 23.1 Å². The molecule has 0 unspecified atom stereocenters. The Morgan fingerprint density at radius 1 is 1.21 bits per heavy atom. The van der Waals surface area contributed by atoms with E-state index in [1.165, 1.54) is 30.6 Å². The van der Waals surface area contributed by atoms with Crippen molar-refractivity contribution in [3.63, 3.8) is 0 Å². The van der Waals surface area contributed by atoms with Gasteiger partial charge in [-0.1, -0.05) is 12.1 Å². The third-order valence-electron chi connectivity index (χ3n) is 3.13. The van der Waals surface area contributed by atoms with E-state index in [0.29, 0.717) is 16.5 Å². The summed E-state index contributed by atoms with van der Waals surface area (Å²) >= 11 is 0. The molecule has 3 aromatic rings. The van der Waals surface area contributed by atoms with Crippen LogP contribution < -0.4 is 10.3 Å². The second kappa shape index (κ2) is 6.53. The monoisotopic (exact) mass is 333 g/mol. The summed E-state index contributed by atoms with van der Waals surface area (Å²) in [7, 11) is 0. The number of nitrogens with one attached hydrogen (secondary N) is 1. The second-order valence-electron chi connectivity index (χ2n) is 4.75. The zero-order valence-corrected chi connectivity index (χ0v) is 12.0. The predicted molar refractivity (Wildman–Crippen MR) is 82.1 cm³/mol. The van der Waals surface area contributed by atoms with Gasteiger partial charge in [0.25, 0.3) is 5.56 Å². The molecule has 3 rings (SSSR count). The Kier molecular flexibility index (Phi) is 4.28. The normalized spacial score (nSPS) is 11.5. The molecule has 24 heavy (non-hydrogen) atoms. The molecule has 0 bridgehead atoms. The number of halogens is 3. The van der Waals surface area contributed by atoms with Gasteiger partial charge in [-0.3, -0.25) is 9.78 Å². The Hall–Kier alpha value is -3.16. The predicted octanol–water partition coefficient (Wildman–Crippen LogP) is 3.23. The number of hydrogen-bond donors (Lipinski definition) is 1. The Labute approximate surface area is 133 Å². The number of rotatable bonds is 4. The molecule has 0 radical (unpaired) electrons. The molecule has 1 N–H and O–H groups in total. The summed E-state index contributed by atoms with van der Waals surface area (Å²) in [4.78, 5) is 22.6. The van der Waals surface area contributed by atoms with E-state index in [1.807, 2.05) is 0 Å². The molecule has 0 aliphatic carbocycles. The topological polar surface area (TPSA) is 67.9 Å². The second-order valence-corrected chi connectivity index (χ2v) is 4.75. The molecular weight excluding hydrogens is 323 g/mol. The number of H-pyrrole nitrogens is 1. The SMILES string of the molecule is O=c1[nH]c(/C=C/c2ccc(OC(F)F)c(F)c2)nc2cnccc12. The van der Waals surface area contributed by atoms with Crippen LogP contribution in [-0.4, -0.2) is 21.6 Å². The number of aromatic amines is 1. The Balaban J connectivity index is 1.88. The summed E-state index contributed by atoms with van der Waals surface area (Å²) in [5, 5.41) is 0.404. The maximum Gasteiger partial charge on any atom is 0.387 e. The lowest BCUT2D eigenvalue weighted by atomic mass is 10.2. The van der Waals surface area contributed by atoms with Gasteiger partial charge in [0.2, 0.25) is 0 Å². The number of hydrogen-bond acceptors (Lipinski definition) is 4. The number of alkyl halides is 2. The van der Waals surface area contributed by atoms with Crippen molar-refractivity contribution in [2.45, 2.75) is 6.61 Å². The smallest absolute Gasteiger partial charge is 0.387 e. The zero-order chi connectivity index (χ0) is 17.1. The van der Waals surface area contributed by atoms with Gasteiger partial charge in [-0.25, -0.2) is 9.37 Å². The van der Waals surface area contributed by atoms with Crippen molar-refractivity contribution < 1.29 is 17.9 Å². The zero-order valence-electron chi connectivity index (χ0n) is 12.0. The van der Waals surface area contributed by atoms with Crippen LogP contribution in [0.1, 0.15) is 11.4 Å². The first kappa shape index (κ1) is 15.7. The summed E-state index contributed by atoms with van der Waals surface area (Å²) in [5.41, 5.74) is 0.490. The van der Waals surface area contributed by atoms with Crippen LogP contribution in [0.3, 0.4) is 0 Å². The number of pyridine rings is 1. The van der Waals surface area contributed by atoms with Crippen LogP contribution in [-0.2, 0) is 0 Å². The van der Waals surface area contributed by atoms with Gasteiger partial charge in [0, 0.05) is 6.20 Å². The summed E-state index contributed by atoms with van der Waals surface area (Å²) in [6, 6.07) is 5.08. The molecule has 0 saturated heterocycles. The molecule has 8 heteroatoms. The summed E-state index contributed by atoms with van der Waals surface area (Å²) < 4.78 is 41.8. The highest BCUT2D eigenvalue weighted by molar-refractivity contribution is 5.78. The van der Waals surface area contributed by atoms with E-state index in [0.717, 1.165) is 12.1 Å². The van der Waals surface area contributed by atoms with Crippen LogP contribution in [0.5, 0.6) is 5.75 Å². The van der Waals surface area contributed by atoms with Crippen molar-refractivity contribution >= 4 is 23.1 Å². The Morgan fingerprint density at radius 2 is 2.04 bits per heavy atom. The highest BCUT2D eigenvalue weighted by Crippen LogP contribution is 2.21. The number of ether oxygens (including phenoxy) is 1. The number of aromatic nitrogens is 3. The Bertz CT molecular complexity index is 970. The lowest BCUT2D eigenvalue weighted by molar-refractivity contribution is -0.0521. The Morgan fingerprint density at radius 3 is 2.79 bits per heavy atom. The minimum atomic E-state index is -3.10. The van der Waals surface area contributed by atoms with E-state index >= 15 is 0 Å². The van der Waals surface area contributed by atoms with E-state index in [-0.39, 0.29) is 11.4 Å². The van der Waals surface area contributed by atoms with Crippen LogP contribution in [0, 0.1) is 5.82 Å². The molecule has 0 atom stereocenters. The molecule has 0 amide bonds. The van der Waals surface area contributed by atoms with E-state index in [1.54, 1.807) is 6.07 Å². The molecule has 5 nitrogen and oxygen atoms in total. The van der Waals surface area contributed by atoms with Crippen LogP contribution in [0.15, 0.2) is 41.5 Å². The van der Waals surface area contributed by atoms with Gasteiger partial charge in [-0.15, -0.1) is 0 Å². The first-order valence-electron chi connectivity index (χ1n) is 6.79. The molecule has 0 aliphatic rings. The standard InChI is InChI=1S/C16H10F3N3O2/c17-11-7-9(1-3-13(11)24-16(18)19)2-4-14-21-12-8-20-6-5-10(12)15(23)22-14/h1-8,16H,(H,21,22,23)/b4-2+. The van der Waals surface area contributed by atoms with Crippen LogP contribution in [0.2, 0.25) is 0 Å². The summed E-state index contributed by atoms with van der Waals surface area (Å²) in [6.07, 6.45) is 5.89. The molecular formula is C16H10F3N3O2. The van der Waals surface area contributed by atoms with Gasteiger partial charge >= 0.3 is 6.61 Å². The molecule has 0 spiro atoms. The third kappa shape index (κ3) is 3.43. The van der Waals surface area contributed by atoms with Gasteiger partial charge < -0.3 is 9.72 Å². The quantitative estimate of drug-likeness (QED) is 0.796. The van der Waals surface area contributed by atoms with Crippen molar-refractivity contribution in [2.24, 2.45) is 0 Å². The number of nitrogens with zero attached hydrogens (tertiary/aromatic N) is 2. The van der Waals surface area contributed by atoms with Crippen LogP contribution >= 0.6 is 0 Å². The lowest BCUT2D eigenvalue weighted by Crippen LogP contribution is -2.09. The highest BCUT2D eigenvalue weighted by Gasteiger charge is 2.09. The van der Waals surface area contributed by atoms with Crippen molar-refractivity contribution in [1.29, 1.82) is 0 Å². The van der Waals surface area contributed by atoms with Gasteiger partial charge in [-0.05, 0) is 29.8 Å². The molecule has 2 aromatic heterocycles. The van der Waals surface area contributed by atoms with Crippen molar-refractivity contribution in [3.8, 4) is 5.75 Å². The summed E-state index contributed by atoms with van der Waals surface area (Å²) in [6.45, 7) is -3.10. The van der Waals surface area contributed by atoms with E-state index in [4.69, 9.17) is 0 Å². The number of fused-ring (bicyclic) bond motifs is 1. The van der Waals surface area contributed by atoms with Gasteiger partial charge in [-0.2, -0.15) is 8.78 Å². The van der Waals surface area contributed by atoms with E-state index in [2.05, 4.69) is 19.7 Å². The average Bonchev–Trinajstić information content (AvgIpc) is 2.55. The maximum absolute atomic E-state index is 13.6. The van der Waals surface area contributed by atoms with Crippen LogP contribution in [0.4, 0.5) is 13.2 Å². The van der Waals surface area contributed by atoms with Gasteiger partial charge in [0.15, 0.2) is 11.6 Å². The fourth-order valence-electron chi connectivity index (χ4n) is 2.08. The fourth-order valence-corrected chi connectivity index (χ4v) is 2.08. The van der Waals surface area contributed by atoms with Crippen molar-refractivity contribution in [2.75, 3.05) is 0 Å². The van der Waals surface area contributed by atoms with Gasteiger partial charge in [0.1, 0.15) is 5.82 Å². The van der Waals surface area contributed by atoms with Crippen molar-refractivity contribution in [1.82, 2.24) is 15.0 Å². The number of benzene rings is 1. The minimum absolute atomic E-state index is 0.258. The maximum atomic E-state index is 13.6. The lowest BCUT2D eigenvalue weighted by Gasteiger charge is -2.05. The largest absolute Gasteiger partial charge is 0.432 e. The first-order valence-corrected chi connectivity index (χ1v) is 6.79. The van der Waals surface area contributed by atoms with E-state index in [9.17, 15) is 18.0 Å². The first-order chi connectivity index (χ1) is 11.5. The van der Waals surface area contributed by atoms with E-state index < -0.39 is 18.2 Å². The average molecular weight is 333 g/mol. The molecule has 0 saturated carbocycles. The summed E-state index contributed by atoms with van der Waals surface area (Å²) in [5.74, 6) is -1.19. The highest BCUT2D eigenvalue weighted by atomic mass is 19.3. The van der Waals surface area contributed by atoms with Crippen molar-refractivity contribution in [3.05, 3.63) is 64.2 Å². The molecule has 0 aliphatic heterocycles. The molecule has 2 heterocycles.